The molecule has 0 aliphatic carbocycles. The van der Waals surface area contributed by atoms with Gasteiger partial charge in [0.2, 0.25) is 0 Å². The lowest BCUT2D eigenvalue weighted by Gasteiger charge is -2.04. The number of nitrogens with one attached hydrogen (secondary N) is 1. The van der Waals surface area contributed by atoms with Crippen molar-refractivity contribution in [3.8, 4) is 17.0 Å². The van der Waals surface area contributed by atoms with Crippen LogP contribution in [-0.4, -0.2) is 12.1 Å². The Balaban J connectivity index is 2.55. The maximum absolute atomic E-state index is 5.21. The number of rotatable bonds is 2. The van der Waals surface area contributed by atoms with Gasteiger partial charge in [-0.05, 0) is 24.4 Å². The molecule has 0 saturated carbocycles. The molecule has 0 aliphatic heterocycles. The summed E-state index contributed by atoms with van der Waals surface area (Å²) in [4.78, 5) is 3.30. The van der Waals surface area contributed by atoms with E-state index in [-0.39, 0.29) is 0 Å². The number of hydrogen-bond acceptors (Lipinski definition) is 3. The smallest absolute Gasteiger partial charge is 0.266 e. The van der Waals surface area contributed by atoms with Crippen molar-refractivity contribution in [2.45, 2.75) is 0 Å². The highest BCUT2D eigenvalue weighted by atomic mass is 32.1. The summed E-state index contributed by atoms with van der Waals surface area (Å²) < 4.78 is 10.2. The highest BCUT2D eigenvalue weighted by Crippen LogP contribution is 2.27. The van der Waals surface area contributed by atoms with Crippen LogP contribution in [0.1, 0.15) is 0 Å². The largest absolute Gasteiger partial charge is 0.496 e. The van der Waals surface area contributed by atoms with Crippen molar-refractivity contribution in [3.05, 3.63) is 35.4 Å². The number of hydrogen-bond donors (Lipinski definition) is 1. The summed E-state index contributed by atoms with van der Waals surface area (Å²) in [5.74, 6) is 0.791. The van der Waals surface area contributed by atoms with Gasteiger partial charge in [0.25, 0.3) is 4.84 Å². The maximum Gasteiger partial charge on any atom is 0.266 e. The van der Waals surface area contributed by atoms with Gasteiger partial charge in [0.15, 0.2) is 0 Å². The summed E-state index contributed by atoms with van der Waals surface area (Å²) in [5.41, 5.74) is 1.77. The minimum atomic E-state index is 0.367. The highest BCUT2D eigenvalue weighted by molar-refractivity contribution is 7.71. The number of ether oxygens (including phenoxy) is 1. The Bertz CT molecular complexity index is 487. The van der Waals surface area contributed by atoms with E-state index in [1.807, 2.05) is 24.3 Å². The average Bonchev–Trinajstić information content (AvgIpc) is 2.65. The minimum absolute atomic E-state index is 0.367. The molecule has 1 aromatic carbocycles. The molecule has 0 unspecified atom stereocenters. The molecule has 0 aliphatic rings. The molecule has 72 valence electrons. The van der Waals surface area contributed by atoms with Gasteiger partial charge in [-0.2, -0.15) is 0 Å². The predicted molar refractivity (Wildman–Crippen MR) is 55.9 cm³/mol. The number of para-hydroxylation sites is 1. The third-order valence-electron chi connectivity index (χ3n) is 1.92. The van der Waals surface area contributed by atoms with Crippen molar-refractivity contribution < 1.29 is 9.15 Å². The van der Waals surface area contributed by atoms with E-state index in [4.69, 9.17) is 21.4 Å². The summed E-state index contributed by atoms with van der Waals surface area (Å²) in [6.07, 6.45) is 1.58. The molecule has 14 heavy (non-hydrogen) atoms. The summed E-state index contributed by atoms with van der Waals surface area (Å²) in [6.45, 7) is 0. The summed E-state index contributed by atoms with van der Waals surface area (Å²) in [6, 6.07) is 7.67. The molecule has 0 bridgehead atoms. The third-order valence-corrected chi connectivity index (χ3v) is 2.12. The molecule has 1 aromatic heterocycles. The molecule has 4 heteroatoms. The molecule has 2 aromatic rings. The molecule has 0 amide bonds. The first-order valence-corrected chi connectivity index (χ1v) is 4.53. The van der Waals surface area contributed by atoms with Gasteiger partial charge >= 0.3 is 0 Å². The second kappa shape index (κ2) is 3.67. The molecular weight excluding hydrogens is 198 g/mol. The van der Waals surface area contributed by atoms with Crippen LogP contribution in [0.4, 0.5) is 0 Å². The summed E-state index contributed by atoms with van der Waals surface area (Å²) in [5, 5.41) is 0. The molecule has 3 nitrogen and oxygen atoms in total. The standard InChI is InChI=1S/C10H9NO2S/c1-12-9-5-3-2-4-7(9)8-6-13-10(14)11-8/h2-6H,1H3,(H,11,14). The van der Waals surface area contributed by atoms with Crippen LogP contribution < -0.4 is 4.74 Å². The van der Waals surface area contributed by atoms with Crippen LogP contribution in [0.15, 0.2) is 34.9 Å². The van der Waals surface area contributed by atoms with Gasteiger partial charge in [0.1, 0.15) is 12.0 Å². The van der Waals surface area contributed by atoms with Crippen molar-refractivity contribution in [1.29, 1.82) is 0 Å². The van der Waals surface area contributed by atoms with Crippen LogP contribution in [0.3, 0.4) is 0 Å². The Kier molecular flexibility index (Phi) is 2.37. The van der Waals surface area contributed by atoms with Gasteiger partial charge in [-0.1, -0.05) is 12.1 Å². The normalized spacial score (nSPS) is 10.1. The number of oxazole rings is 1. The zero-order valence-corrected chi connectivity index (χ0v) is 8.43. The van der Waals surface area contributed by atoms with E-state index >= 15 is 0 Å². The predicted octanol–water partition coefficient (Wildman–Crippen LogP) is 3.01. The number of methoxy groups -OCH3 is 1. The lowest BCUT2D eigenvalue weighted by Crippen LogP contribution is -1.86. The van der Waals surface area contributed by atoms with Crippen LogP contribution in [0, 0.1) is 4.84 Å². The zero-order chi connectivity index (χ0) is 9.97. The molecular formula is C10H9NO2S. The Hall–Kier alpha value is -1.55. The molecule has 0 fully saturated rings. The first-order chi connectivity index (χ1) is 6.81. The van der Waals surface area contributed by atoms with Crippen molar-refractivity contribution in [2.24, 2.45) is 0 Å². The van der Waals surface area contributed by atoms with Crippen molar-refractivity contribution in [2.75, 3.05) is 7.11 Å². The van der Waals surface area contributed by atoms with E-state index in [1.165, 1.54) is 0 Å². The molecule has 0 spiro atoms. The molecule has 0 atom stereocenters. The molecule has 1 heterocycles. The van der Waals surface area contributed by atoms with Crippen molar-refractivity contribution in [1.82, 2.24) is 4.98 Å². The number of aromatic amines is 1. The van der Waals surface area contributed by atoms with Crippen LogP contribution in [0.2, 0.25) is 0 Å². The van der Waals surface area contributed by atoms with E-state index in [1.54, 1.807) is 13.4 Å². The first kappa shape index (κ1) is 9.02. The highest BCUT2D eigenvalue weighted by Gasteiger charge is 2.05. The number of H-pyrrole nitrogens is 1. The van der Waals surface area contributed by atoms with Gasteiger partial charge in [-0.25, -0.2) is 0 Å². The minimum Gasteiger partial charge on any atom is -0.496 e. The van der Waals surface area contributed by atoms with Crippen molar-refractivity contribution >= 4 is 12.2 Å². The number of benzene rings is 1. The second-order valence-electron chi connectivity index (χ2n) is 2.76. The number of aromatic nitrogens is 1. The second-order valence-corrected chi connectivity index (χ2v) is 3.13. The maximum atomic E-state index is 5.21. The zero-order valence-electron chi connectivity index (χ0n) is 7.61. The average molecular weight is 207 g/mol. The van der Waals surface area contributed by atoms with Crippen LogP contribution in [0.5, 0.6) is 5.75 Å². The first-order valence-electron chi connectivity index (χ1n) is 4.12. The topological polar surface area (TPSA) is 38.2 Å². The monoisotopic (exact) mass is 207 g/mol. The van der Waals surface area contributed by atoms with Gasteiger partial charge in [-0.3, -0.25) is 0 Å². The lowest BCUT2D eigenvalue weighted by atomic mass is 10.1. The fraction of sp³-hybridized carbons (Fsp3) is 0.100. The van der Waals surface area contributed by atoms with Gasteiger partial charge in [0, 0.05) is 5.56 Å². The van der Waals surface area contributed by atoms with Gasteiger partial charge in [-0.15, -0.1) is 0 Å². The van der Waals surface area contributed by atoms with Crippen LogP contribution in [0.25, 0.3) is 11.3 Å². The van der Waals surface area contributed by atoms with Gasteiger partial charge < -0.3 is 14.1 Å². The van der Waals surface area contributed by atoms with E-state index in [9.17, 15) is 0 Å². The fourth-order valence-electron chi connectivity index (χ4n) is 1.28. The van der Waals surface area contributed by atoms with Crippen molar-refractivity contribution in [3.63, 3.8) is 0 Å². The lowest BCUT2D eigenvalue weighted by molar-refractivity contribution is 0.416. The van der Waals surface area contributed by atoms with E-state index in [0.29, 0.717) is 4.84 Å². The molecule has 1 N–H and O–H groups in total. The van der Waals surface area contributed by atoms with E-state index in [2.05, 4.69) is 4.98 Å². The molecule has 2 rings (SSSR count). The Labute approximate surface area is 86.3 Å². The Morgan fingerprint density at radius 1 is 1.36 bits per heavy atom. The SMILES string of the molecule is COc1ccccc1-c1coc(=S)[nH]1. The van der Waals surface area contributed by atoms with E-state index < -0.39 is 0 Å². The molecule has 0 saturated heterocycles. The van der Waals surface area contributed by atoms with Crippen LogP contribution >= 0.6 is 12.2 Å². The van der Waals surface area contributed by atoms with Crippen LogP contribution in [-0.2, 0) is 0 Å². The van der Waals surface area contributed by atoms with E-state index in [0.717, 1.165) is 17.0 Å². The summed E-state index contributed by atoms with van der Waals surface area (Å²) in [7, 11) is 1.63. The third kappa shape index (κ3) is 1.56. The van der Waals surface area contributed by atoms with Gasteiger partial charge in [0.05, 0.1) is 12.8 Å². The fourth-order valence-corrected chi connectivity index (χ4v) is 1.44. The Morgan fingerprint density at radius 3 is 2.79 bits per heavy atom. The quantitative estimate of drug-likeness (QED) is 0.769. The summed E-state index contributed by atoms with van der Waals surface area (Å²) >= 11 is 4.85. The Morgan fingerprint density at radius 2 is 2.14 bits per heavy atom. The molecule has 0 radical (unpaired) electrons.